The van der Waals surface area contributed by atoms with Gasteiger partial charge in [0.1, 0.15) is 0 Å². The molecule has 2 aromatic carbocycles. The monoisotopic (exact) mass is 402 g/mol. The van der Waals surface area contributed by atoms with Crippen molar-refractivity contribution >= 4 is 11.6 Å². The van der Waals surface area contributed by atoms with Crippen LogP contribution in [0.3, 0.4) is 0 Å². The molecule has 1 saturated carbocycles. The zero-order valence-electron chi connectivity index (χ0n) is 16.6. The topological polar surface area (TPSA) is 80.7 Å². The first-order valence-corrected chi connectivity index (χ1v) is 9.97. The van der Waals surface area contributed by atoms with E-state index in [1.165, 1.54) is 0 Å². The summed E-state index contributed by atoms with van der Waals surface area (Å²) in [7, 11) is 0. The average molecular weight is 402 g/mol. The molecular formula is C24H22N2O4. The number of anilines is 1. The lowest BCUT2D eigenvalue weighted by molar-refractivity contribution is -0.118. The number of hydrogen-bond acceptors (Lipinski definition) is 5. The number of nitrogens with one attached hydrogen (secondary N) is 1. The van der Waals surface area contributed by atoms with Gasteiger partial charge in [-0.2, -0.15) is 0 Å². The molecule has 2 heterocycles. The normalized spacial score (nSPS) is 15.7. The van der Waals surface area contributed by atoms with Crippen LogP contribution in [-0.4, -0.2) is 22.8 Å². The van der Waals surface area contributed by atoms with Crippen LogP contribution < -0.4 is 14.8 Å². The number of rotatable bonds is 5. The molecule has 6 nitrogen and oxygen atoms in total. The summed E-state index contributed by atoms with van der Waals surface area (Å²) in [4.78, 5) is 17.6. The minimum absolute atomic E-state index is 0.00947. The van der Waals surface area contributed by atoms with E-state index in [0.717, 1.165) is 46.5 Å². The van der Waals surface area contributed by atoms with Gasteiger partial charge in [-0.15, -0.1) is 0 Å². The van der Waals surface area contributed by atoms with Gasteiger partial charge >= 0.3 is 0 Å². The lowest BCUT2D eigenvalue weighted by atomic mass is 9.94. The number of carbonyl (C=O) groups excluding carboxylic acids is 1. The number of benzene rings is 2. The predicted octanol–water partition coefficient (Wildman–Crippen LogP) is 3.95. The van der Waals surface area contributed by atoms with Gasteiger partial charge in [0.2, 0.25) is 12.7 Å². The maximum atomic E-state index is 13.2. The van der Waals surface area contributed by atoms with Crippen LogP contribution in [0.4, 0.5) is 5.69 Å². The van der Waals surface area contributed by atoms with Crippen LogP contribution in [0.25, 0.3) is 11.1 Å². The highest BCUT2D eigenvalue weighted by Crippen LogP contribution is 2.51. The Morgan fingerprint density at radius 1 is 1.10 bits per heavy atom. The van der Waals surface area contributed by atoms with Crippen molar-refractivity contribution in [3.05, 3.63) is 71.5 Å². The Morgan fingerprint density at radius 2 is 1.87 bits per heavy atom. The first-order chi connectivity index (χ1) is 14.6. The van der Waals surface area contributed by atoms with E-state index >= 15 is 0 Å². The predicted molar refractivity (Wildman–Crippen MR) is 112 cm³/mol. The van der Waals surface area contributed by atoms with Gasteiger partial charge in [-0.25, -0.2) is 0 Å². The van der Waals surface area contributed by atoms with Crippen molar-refractivity contribution in [1.82, 2.24) is 4.98 Å². The first kappa shape index (κ1) is 18.6. The highest BCUT2D eigenvalue weighted by atomic mass is 16.7. The fourth-order valence-corrected chi connectivity index (χ4v) is 3.90. The summed E-state index contributed by atoms with van der Waals surface area (Å²) >= 11 is 0. The number of ether oxygens (including phenoxy) is 2. The van der Waals surface area contributed by atoms with Crippen molar-refractivity contribution in [3.63, 3.8) is 0 Å². The van der Waals surface area contributed by atoms with Crippen LogP contribution in [-0.2, 0) is 16.8 Å². The number of hydrogen-bond donors (Lipinski definition) is 2. The summed E-state index contributed by atoms with van der Waals surface area (Å²) in [6.45, 7) is 2.17. The number of amides is 1. The summed E-state index contributed by atoms with van der Waals surface area (Å²) in [5.41, 5.74) is 4.75. The van der Waals surface area contributed by atoms with E-state index in [1.54, 1.807) is 6.20 Å². The molecule has 6 heteroatoms. The Kier molecular flexibility index (Phi) is 4.44. The zero-order chi connectivity index (χ0) is 20.7. The molecule has 1 amide bonds. The first-order valence-electron chi connectivity index (χ1n) is 9.97. The SMILES string of the molecule is Cc1ncc(NC(=O)C2(c3ccc4c(c3)OCO4)CC2)cc1-c1ccc(CO)cc1. The van der Waals surface area contributed by atoms with Crippen LogP contribution in [0.2, 0.25) is 0 Å². The molecule has 0 unspecified atom stereocenters. The molecule has 0 atom stereocenters. The minimum atomic E-state index is -0.533. The molecule has 152 valence electrons. The maximum absolute atomic E-state index is 13.2. The Bertz CT molecular complexity index is 1120. The summed E-state index contributed by atoms with van der Waals surface area (Å²) in [6.07, 6.45) is 3.29. The smallest absolute Gasteiger partial charge is 0.235 e. The third kappa shape index (κ3) is 3.19. The Balaban J connectivity index is 1.39. The van der Waals surface area contributed by atoms with Crippen molar-refractivity contribution in [1.29, 1.82) is 0 Å². The van der Waals surface area contributed by atoms with E-state index in [1.807, 2.05) is 55.5 Å². The largest absolute Gasteiger partial charge is 0.454 e. The molecule has 2 N–H and O–H groups in total. The van der Waals surface area contributed by atoms with E-state index in [9.17, 15) is 9.90 Å². The zero-order valence-corrected chi connectivity index (χ0v) is 16.6. The average Bonchev–Trinajstić information content (AvgIpc) is 3.46. The van der Waals surface area contributed by atoms with Crippen molar-refractivity contribution in [2.75, 3.05) is 12.1 Å². The number of nitrogens with zero attached hydrogens (tertiary/aromatic N) is 1. The van der Waals surface area contributed by atoms with Crippen LogP contribution in [0, 0.1) is 6.92 Å². The van der Waals surface area contributed by atoms with Crippen LogP contribution in [0.1, 0.15) is 29.7 Å². The molecule has 1 aliphatic heterocycles. The number of pyridine rings is 1. The van der Waals surface area contributed by atoms with Gasteiger partial charge in [0.25, 0.3) is 0 Å². The standard InChI is InChI=1S/C24H22N2O4/c1-15-20(17-4-2-16(13-27)3-5-17)11-19(12-25-15)26-23(28)24(8-9-24)18-6-7-21-22(10-18)30-14-29-21/h2-7,10-12,27H,8-9,13-14H2,1H3,(H,26,28). The van der Waals surface area contributed by atoms with E-state index < -0.39 is 5.41 Å². The molecule has 1 aromatic heterocycles. The van der Waals surface area contributed by atoms with Crippen molar-refractivity contribution in [2.24, 2.45) is 0 Å². The molecule has 3 aromatic rings. The molecule has 0 radical (unpaired) electrons. The molecule has 0 saturated heterocycles. The second kappa shape index (κ2) is 7.15. The number of fused-ring (bicyclic) bond motifs is 1. The lowest BCUT2D eigenvalue weighted by Gasteiger charge is -2.17. The number of aliphatic hydroxyl groups is 1. The highest BCUT2D eigenvalue weighted by Gasteiger charge is 2.51. The molecule has 30 heavy (non-hydrogen) atoms. The van der Waals surface area contributed by atoms with Crippen LogP contribution >= 0.6 is 0 Å². The molecular weight excluding hydrogens is 380 g/mol. The summed E-state index contributed by atoms with van der Waals surface area (Å²) in [6, 6.07) is 15.4. The van der Waals surface area contributed by atoms with Gasteiger partial charge in [0.15, 0.2) is 11.5 Å². The summed E-state index contributed by atoms with van der Waals surface area (Å²) in [5.74, 6) is 1.38. The number of aromatic nitrogens is 1. The molecule has 1 fully saturated rings. The van der Waals surface area contributed by atoms with Gasteiger partial charge in [0.05, 0.1) is 23.9 Å². The molecule has 2 aliphatic rings. The fourth-order valence-electron chi connectivity index (χ4n) is 3.90. The quantitative estimate of drug-likeness (QED) is 0.676. The number of aliphatic hydroxyl groups excluding tert-OH is 1. The van der Waals surface area contributed by atoms with Crippen molar-refractivity contribution < 1.29 is 19.4 Å². The van der Waals surface area contributed by atoms with Gasteiger partial charge in [-0.1, -0.05) is 30.3 Å². The Labute approximate surface area is 174 Å². The second-order valence-corrected chi connectivity index (χ2v) is 7.82. The van der Waals surface area contributed by atoms with E-state index in [4.69, 9.17) is 9.47 Å². The minimum Gasteiger partial charge on any atom is -0.454 e. The number of aryl methyl sites for hydroxylation is 1. The molecule has 0 bridgehead atoms. The number of carbonyl (C=O) groups is 1. The van der Waals surface area contributed by atoms with Crippen molar-refractivity contribution in [2.45, 2.75) is 31.8 Å². The van der Waals surface area contributed by atoms with Gasteiger partial charge in [-0.05, 0) is 54.7 Å². The Morgan fingerprint density at radius 3 is 2.60 bits per heavy atom. The van der Waals surface area contributed by atoms with Gasteiger partial charge in [-0.3, -0.25) is 9.78 Å². The van der Waals surface area contributed by atoms with Gasteiger partial charge in [0, 0.05) is 11.3 Å². The maximum Gasteiger partial charge on any atom is 0.235 e. The van der Waals surface area contributed by atoms with Crippen LogP contribution in [0.15, 0.2) is 54.7 Å². The van der Waals surface area contributed by atoms with Crippen molar-refractivity contribution in [3.8, 4) is 22.6 Å². The van der Waals surface area contributed by atoms with Crippen LogP contribution in [0.5, 0.6) is 11.5 Å². The highest BCUT2D eigenvalue weighted by molar-refractivity contribution is 6.01. The molecule has 0 spiro atoms. The van der Waals surface area contributed by atoms with Gasteiger partial charge < -0.3 is 19.9 Å². The molecule has 5 rings (SSSR count). The second-order valence-electron chi connectivity index (χ2n) is 7.82. The third-order valence-corrected chi connectivity index (χ3v) is 5.90. The van der Waals surface area contributed by atoms with E-state index in [0.29, 0.717) is 11.4 Å². The lowest BCUT2D eigenvalue weighted by Crippen LogP contribution is -2.27. The third-order valence-electron chi connectivity index (χ3n) is 5.90. The molecule has 1 aliphatic carbocycles. The fraction of sp³-hybridized carbons (Fsp3) is 0.250. The summed E-state index contributed by atoms with van der Waals surface area (Å²) < 4.78 is 10.9. The van der Waals surface area contributed by atoms with E-state index in [-0.39, 0.29) is 19.3 Å². The Hall–Kier alpha value is -3.38. The van der Waals surface area contributed by atoms with E-state index in [2.05, 4.69) is 10.3 Å². The summed E-state index contributed by atoms with van der Waals surface area (Å²) in [5, 5.41) is 12.3.